The molecule has 0 nitrogen and oxygen atoms in total. The summed E-state index contributed by atoms with van der Waals surface area (Å²) in [6.07, 6.45) is 2.51. The van der Waals surface area contributed by atoms with Crippen LogP contribution in [0.1, 0.15) is 48.0 Å². The van der Waals surface area contributed by atoms with Crippen LogP contribution in [0.5, 0.6) is 0 Å². The monoisotopic (exact) mass is 531 g/mol. The van der Waals surface area contributed by atoms with Crippen molar-refractivity contribution < 1.29 is 45.7 Å². The first kappa shape index (κ1) is 25.6. The van der Waals surface area contributed by atoms with Crippen molar-refractivity contribution in [1.82, 2.24) is 0 Å². The summed E-state index contributed by atoms with van der Waals surface area (Å²) in [6.45, 7) is 14.9. The molecule has 0 heterocycles. The van der Waals surface area contributed by atoms with Gasteiger partial charge >= 0.3 is 180 Å². The number of fused-ring (bicyclic) bond motifs is 1. The van der Waals surface area contributed by atoms with Crippen LogP contribution in [0.25, 0.3) is 11.6 Å². The van der Waals surface area contributed by atoms with Crippen molar-refractivity contribution in [1.29, 1.82) is 0 Å². The van der Waals surface area contributed by atoms with E-state index in [0.29, 0.717) is 3.63 Å². The summed E-state index contributed by atoms with van der Waals surface area (Å²) in [7, 11) is 0. The topological polar surface area (TPSA) is 0 Å². The van der Waals surface area contributed by atoms with E-state index < -0.39 is 26.8 Å². The summed E-state index contributed by atoms with van der Waals surface area (Å²) in [4.78, 5) is 0. The van der Waals surface area contributed by atoms with Crippen LogP contribution < -0.4 is 24.8 Å². The number of hydrogen-bond donors (Lipinski definition) is 0. The van der Waals surface area contributed by atoms with Gasteiger partial charge in [-0.2, -0.15) is 0 Å². The van der Waals surface area contributed by atoms with E-state index in [4.69, 9.17) is 0 Å². The summed E-state index contributed by atoms with van der Waals surface area (Å²) in [5.41, 5.74) is 12.7. The number of allylic oxidation sites excluding steroid dienone is 5. The quantitative estimate of drug-likeness (QED) is 0.521. The Kier molecular flexibility index (Phi) is 8.79. The molecule has 2 aliphatic rings. The zero-order valence-corrected chi connectivity index (χ0v) is 23.9. The van der Waals surface area contributed by atoms with Crippen LogP contribution in [-0.4, -0.2) is 5.92 Å². The molecule has 1 atom stereocenters. The van der Waals surface area contributed by atoms with Crippen molar-refractivity contribution in [2.24, 2.45) is 0 Å². The van der Waals surface area contributed by atoms with E-state index in [0.717, 1.165) is 3.63 Å². The maximum atomic E-state index is 2.64. The second kappa shape index (κ2) is 10.3. The Hall–Kier alpha value is -0.660. The average molecular weight is 534 g/mol. The standard InChI is InChI=1S/C15H11.C9H13.C2H7Si.2ClH.Zr/c1-2-6-12(7-3-1)15-10-13-8-4-5-9-14(13)11-15;1-6-5-7(2)9(4)8(6)3;1-3-2;;;/h1-11H;5H,1-4H3;3H,1-2H3;2*1H;/q;;;;;+2/p-2. The Morgan fingerprint density at radius 3 is 1.80 bits per heavy atom. The number of hydrogen-bond acceptors (Lipinski definition) is 0. The molecule has 2 aromatic carbocycles. The first-order valence-electron chi connectivity index (χ1n) is 10.5. The van der Waals surface area contributed by atoms with Gasteiger partial charge in [0.25, 0.3) is 0 Å². The Labute approximate surface area is 203 Å². The third-order valence-electron chi connectivity index (χ3n) is 6.98. The molecule has 4 rings (SSSR count). The van der Waals surface area contributed by atoms with E-state index in [9.17, 15) is 0 Å². The molecule has 0 bridgehead atoms. The van der Waals surface area contributed by atoms with Crippen LogP contribution in [0.4, 0.5) is 0 Å². The minimum absolute atomic E-state index is 0. The van der Waals surface area contributed by atoms with Crippen molar-refractivity contribution in [3.8, 4) is 0 Å². The van der Waals surface area contributed by atoms with E-state index in [2.05, 4.69) is 101 Å². The van der Waals surface area contributed by atoms with Gasteiger partial charge in [0.15, 0.2) is 0 Å². The molecule has 0 fully saturated rings. The molecule has 157 valence electrons. The van der Waals surface area contributed by atoms with E-state index in [1.54, 1.807) is 33.4 Å². The normalized spacial score (nSPS) is 18.2. The summed E-state index contributed by atoms with van der Waals surface area (Å²) < 4.78 is 1.48. The summed E-state index contributed by atoms with van der Waals surface area (Å²) in [6, 6.07) is 20.4. The fourth-order valence-corrected chi connectivity index (χ4v) is 28.9. The predicted molar refractivity (Wildman–Crippen MR) is 123 cm³/mol. The largest absolute Gasteiger partial charge is 1.00 e. The fourth-order valence-electron chi connectivity index (χ4n) is 5.25. The molecule has 2 aliphatic carbocycles. The van der Waals surface area contributed by atoms with E-state index in [-0.39, 0.29) is 24.8 Å². The maximum absolute atomic E-state index is 2.64. The molecule has 4 heteroatoms. The minimum Gasteiger partial charge on any atom is -1.00 e. The smallest absolute Gasteiger partial charge is 1.00 e. The molecule has 1 unspecified atom stereocenters. The van der Waals surface area contributed by atoms with Crippen LogP contribution in [-0.2, 0) is 20.9 Å². The third-order valence-corrected chi connectivity index (χ3v) is 29.0. The molecular formula is C26H31Cl2SiZr. The maximum Gasteiger partial charge on any atom is -1.00 e. The van der Waals surface area contributed by atoms with Crippen molar-refractivity contribution in [3.05, 3.63) is 93.6 Å². The van der Waals surface area contributed by atoms with Gasteiger partial charge in [-0.3, -0.25) is 0 Å². The van der Waals surface area contributed by atoms with Gasteiger partial charge in [0.05, 0.1) is 0 Å². The van der Waals surface area contributed by atoms with Crippen LogP contribution in [0, 0.1) is 0 Å². The summed E-state index contributed by atoms with van der Waals surface area (Å²) >= 11 is -1.87. The van der Waals surface area contributed by atoms with Gasteiger partial charge < -0.3 is 24.8 Å². The number of rotatable bonds is 4. The molecule has 0 radical (unpaired) electrons. The zero-order chi connectivity index (χ0) is 20.0. The van der Waals surface area contributed by atoms with Gasteiger partial charge in [-0.1, -0.05) is 0 Å². The summed E-state index contributed by atoms with van der Waals surface area (Å²) in [5, 5.41) is 0. The average Bonchev–Trinajstić information content (AvgIpc) is 3.16. The number of halogens is 2. The van der Waals surface area contributed by atoms with E-state index in [1.807, 2.05) is 0 Å². The first-order valence-corrected chi connectivity index (χ1v) is 20.5. The molecule has 0 saturated heterocycles. The van der Waals surface area contributed by atoms with Crippen molar-refractivity contribution in [2.75, 3.05) is 0 Å². The zero-order valence-electron chi connectivity index (χ0n) is 18.8. The van der Waals surface area contributed by atoms with E-state index in [1.165, 1.54) is 11.1 Å². The molecule has 2 aromatic rings. The second-order valence-corrected chi connectivity index (χ2v) is 28.8. The van der Waals surface area contributed by atoms with Gasteiger partial charge in [-0.05, 0) is 0 Å². The van der Waals surface area contributed by atoms with Crippen molar-refractivity contribution in [2.45, 2.75) is 48.0 Å². The molecule has 0 aromatic heterocycles. The molecule has 30 heavy (non-hydrogen) atoms. The van der Waals surface area contributed by atoms with Gasteiger partial charge in [0.1, 0.15) is 0 Å². The molecule has 0 N–H and O–H groups in total. The van der Waals surface area contributed by atoms with Gasteiger partial charge in [0, 0.05) is 0 Å². The molecule has 0 aliphatic heterocycles. The Balaban J connectivity index is 0.00000160. The predicted octanol–water partition coefficient (Wildman–Crippen LogP) is 1.37. The second-order valence-electron chi connectivity index (χ2n) is 8.73. The molecule has 0 saturated carbocycles. The Bertz CT molecular complexity index is 981. The van der Waals surface area contributed by atoms with Crippen LogP contribution in [0.3, 0.4) is 0 Å². The van der Waals surface area contributed by atoms with Crippen molar-refractivity contribution in [3.63, 3.8) is 0 Å². The van der Waals surface area contributed by atoms with Crippen molar-refractivity contribution >= 4 is 17.6 Å². The summed E-state index contributed by atoms with van der Waals surface area (Å²) in [5.74, 6) is -0.757. The third kappa shape index (κ3) is 4.31. The van der Waals surface area contributed by atoms with Gasteiger partial charge in [0.2, 0.25) is 0 Å². The molecule has 0 amide bonds. The molecular weight excluding hydrogens is 503 g/mol. The van der Waals surface area contributed by atoms with E-state index >= 15 is 0 Å². The Morgan fingerprint density at radius 2 is 1.23 bits per heavy atom. The van der Waals surface area contributed by atoms with Crippen LogP contribution in [0.2, 0.25) is 16.7 Å². The Morgan fingerprint density at radius 1 is 0.700 bits per heavy atom. The SMILES string of the molecule is CC1=C(C)[CH]([Zr+2]([CH]2C(c3ccccc3)=Cc3ccccc32)[SiH](C)C)C(C)=C1C.[Cl-].[Cl-]. The first-order chi connectivity index (χ1) is 13.4. The van der Waals surface area contributed by atoms with Gasteiger partial charge in [-0.25, -0.2) is 0 Å². The van der Waals surface area contributed by atoms with Crippen LogP contribution >= 0.6 is 0 Å². The minimum atomic E-state index is -1.87. The van der Waals surface area contributed by atoms with Gasteiger partial charge in [-0.15, -0.1) is 0 Å². The molecule has 0 spiro atoms. The van der Waals surface area contributed by atoms with Crippen LogP contribution in [0.15, 0.2) is 76.9 Å². The number of benzene rings is 2. The fraction of sp³-hybridized carbons (Fsp3) is 0.308.